The molecule has 2 aromatic carbocycles. The molecule has 0 aliphatic heterocycles. The summed E-state index contributed by atoms with van der Waals surface area (Å²) in [6.07, 6.45) is 1.75. The van der Waals surface area contributed by atoms with Crippen LogP contribution in [-0.2, 0) is 4.79 Å². The van der Waals surface area contributed by atoms with E-state index in [4.69, 9.17) is 0 Å². The predicted molar refractivity (Wildman–Crippen MR) is 99.4 cm³/mol. The molecule has 0 fully saturated rings. The van der Waals surface area contributed by atoms with Crippen LogP contribution >= 0.6 is 0 Å². The van der Waals surface area contributed by atoms with Gasteiger partial charge in [0, 0.05) is 17.3 Å². The Kier molecular flexibility index (Phi) is 4.75. The molecule has 2 N–H and O–H groups in total. The van der Waals surface area contributed by atoms with Gasteiger partial charge in [-0.2, -0.15) is 0 Å². The molecule has 1 heterocycles. The van der Waals surface area contributed by atoms with E-state index in [1.165, 1.54) is 5.56 Å². The van der Waals surface area contributed by atoms with E-state index >= 15 is 0 Å². The van der Waals surface area contributed by atoms with Crippen molar-refractivity contribution in [3.63, 3.8) is 0 Å². The minimum atomic E-state index is -0.0831. The normalized spacial score (nSPS) is 10.8. The first-order valence-corrected chi connectivity index (χ1v) is 8.11. The van der Waals surface area contributed by atoms with E-state index in [1.54, 1.807) is 6.20 Å². The second-order valence-electron chi connectivity index (χ2n) is 6.06. The van der Waals surface area contributed by atoms with Crippen LogP contribution in [0.25, 0.3) is 10.9 Å². The van der Waals surface area contributed by atoms with E-state index in [1.807, 2.05) is 54.6 Å². The largest absolute Gasteiger partial charge is 0.374 e. The monoisotopic (exact) mass is 319 g/mol. The number of hydrogen-bond acceptors (Lipinski definition) is 3. The maximum Gasteiger partial charge on any atom is 0.243 e. The molecule has 0 aliphatic rings. The van der Waals surface area contributed by atoms with E-state index in [2.05, 4.69) is 29.5 Å². The van der Waals surface area contributed by atoms with Gasteiger partial charge in [0.15, 0.2) is 0 Å². The highest BCUT2D eigenvalue weighted by Crippen LogP contribution is 2.20. The number of nitrogens with one attached hydrogen (secondary N) is 2. The predicted octanol–water partition coefficient (Wildman–Crippen LogP) is 4.41. The Labute approximate surface area is 141 Å². The van der Waals surface area contributed by atoms with Crippen LogP contribution in [0, 0.1) is 0 Å². The van der Waals surface area contributed by atoms with E-state index in [0.717, 1.165) is 22.3 Å². The number of para-hydroxylation sites is 1. The number of anilines is 2. The SMILES string of the molecule is CC(C)c1ccc(NC(=O)CNc2cccc3cccnc23)cc1. The maximum absolute atomic E-state index is 12.1. The fourth-order valence-electron chi connectivity index (χ4n) is 2.58. The van der Waals surface area contributed by atoms with Gasteiger partial charge in [0.1, 0.15) is 0 Å². The average Bonchev–Trinajstić information content (AvgIpc) is 2.60. The Morgan fingerprint density at radius 2 is 1.79 bits per heavy atom. The van der Waals surface area contributed by atoms with Crippen molar-refractivity contribution in [1.29, 1.82) is 0 Å². The van der Waals surface area contributed by atoms with Gasteiger partial charge in [-0.1, -0.05) is 44.2 Å². The molecule has 0 saturated carbocycles. The van der Waals surface area contributed by atoms with E-state index in [-0.39, 0.29) is 12.5 Å². The van der Waals surface area contributed by atoms with Gasteiger partial charge in [0.25, 0.3) is 0 Å². The third-order valence-corrected chi connectivity index (χ3v) is 3.93. The molecule has 4 heteroatoms. The van der Waals surface area contributed by atoms with Crippen molar-refractivity contribution >= 4 is 28.2 Å². The molecule has 0 atom stereocenters. The van der Waals surface area contributed by atoms with Gasteiger partial charge in [-0.15, -0.1) is 0 Å². The molecule has 0 spiro atoms. The number of carbonyl (C=O) groups excluding carboxylic acids is 1. The zero-order valence-corrected chi connectivity index (χ0v) is 13.9. The number of carbonyl (C=O) groups is 1. The molecule has 24 heavy (non-hydrogen) atoms. The Morgan fingerprint density at radius 1 is 1.04 bits per heavy atom. The minimum Gasteiger partial charge on any atom is -0.374 e. The molecule has 3 aromatic rings. The molecular formula is C20H21N3O. The molecular weight excluding hydrogens is 298 g/mol. The highest BCUT2D eigenvalue weighted by atomic mass is 16.1. The summed E-state index contributed by atoms with van der Waals surface area (Å²) in [4.78, 5) is 16.5. The first kappa shape index (κ1) is 16.0. The quantitative estimate of drug-likeness (QED) is 0.732. The third-order valence-electron chi connectivity index (χ3n) is 3.93. The fraction of sp³-hybridized carbons (Fsp3) is 0.200. The summed E-state index contributed by atoms with van der Waals surface area (Å²) in [7, 11) is 0. The number of benzene rings is 2. The van der Waals surface area contributed by atoms with Gasteiger partial charge in [0.05, 0.1) is 17.7 Å². The number of amides is 1. The number of pyridine rings is 1. The second kappa shape index (κ2) is 7.13. The smallest absolute Gasteiger partial charge is 0.243 e. The summed E-state index contributed by atoms with van der Waals surface area (Å²) in [6.45, 7) is 4.49. The lowest BCUT2D eigenvalue weighted by Crippen LogP contribution is -2.21. The summed E-state index contributed by atoms with van der Waals surface area (Å²) in [5, 5.41) is 7.12. The van der Waals surface area contributed by atoms with Crippen LogP contribution in [0.3, 0.4) is 0 Å². The maximum atomic E-state index is 12.1. The van der Waals surface area contributed by atoms with Gasteiger partial charge in [-0.05, 0) is 35.7 Å². The molecule has 122 valence electrons. The highest BCUT2D eigenvalue weighted by molar-refractivity contribution is 5.96. The third kappa shape index (κ3) is 3.71. The molecule has 0 radical (unpaired) electrons. The number of rotatable bonds is 5. The van der Waals surface area contributed by atoms with E-state index < -0.39 is 0 Å². The zero-order valence-electron chi connectivity index (χ0n) is 13.9. The number of aromatic nitrogens is 1. The zero-order chi connectivity index (χ0) is 16.9. The molecule has 0 bridgehead atoms. The van der Waals surface area contributed by atoms with Crippen molar-refractivity contribution in [3.8, 4) is 0 Å². The molecule has 1 amide bonds. The van der Waals surface area contributed by atoms with Crippen molar-refractivity contribution in [1.82, 2.24) is 4.98 Å². The van der Waals surface area contributed by atoms with E-state index in [0.29, 0.717) is 5.92 Å². The van der Waals surface area contributed by atoms with Crippen LogP contribution in [0.5, 0.6) is 0 Å². The summed E-state index contributed by atoms with van der Waals surface area (Å²) in [5.41, 5.74) is 3.79. The van der Waals surface area contributed by atoms with Crippen molar-refractivity contribution in [2.24, 2.45) is 0 Å². The van der Waals surface area contributed by atoms with Crippen LogP contribution in [0.2, 0.25) is 0 Å². The molecule has 0 saturated heterocycles. The Morgan fingerprint density at radius 3 is 2.54 bits per heavy atom. The summed E-state index contributed by atoms with van der Waals surface area (Å²) in [5.74, 6) is 0.399. The first-order valence-electron chi connectivity index (χ1n) is 8.11. The number of fused-ring (bicyclic) bond motifs is 1. The summed E-state index contributed by atoms with van der Waals surface area (Å²) in [6, 6.07) is 17.8. The first-order chi connectivity index (χ1) is 11.6. The van der Waals surface area contributed by atoms with Crippen LogP contribution < -0.4 is 10.6 Å². The van der Waals surface area contributed by atoms with Crippen LogP contribution in [-0.4, -0.2) is 17.4 Å². The van der Waals surface area contributed by atoms with Crippen molar-refractivity contribution in [3.05, 3.63) is 66.4 Å². The lowest BCUT2D eigenvalue weighted by molar-refractivity contribution is -0.114. The summed E-state index contributed by atoms with van der Waals surface area (Å²) >= 11 is 0. The standard InChI is InChI=1S/C20H21N3O/c1-14(2)15-8-10-17(11-9-15)23-19(24)13-22-18-7-3-5-16-6-4-12-21-20(16)18/h3-12,14,22H,13H2,1-2H3,(H,23,24). The van der Waals surface area contributed by atoms with Crippen LogP contribution in [0.15, 0.2) is 60.8 Å². The molecule has 1 aromatic heterocycles. The van der Waals surface area contributed by atoms with Crippen LogP contribution in [0.1, 0.15) is 25.3 Å². The van der Waals surface area contributed by atoms with Gasteiger partial charge in [0.2, 0.25) is 5.91 Å². The Hall–Kier alpha value is -2.88. The van der Waals surface area contributed by atoms with Gasteiger partial charge < -0.3 is 10.6 Å². The molecule has 0 unspecified atom stereocenters. The number of hydrogen-bond donors (Lipinski definition) is 2. The van der Waals surface area contributed by atoms with Crippen molar-refractivity contribution in [2.45, 2.75) is 19.8 Å². The van der Waals surface area contributed by atoms with Crippen molar-refractivity contribution < 1.29 is 4.79 Å². The lowest BCUT2D eigenvalue weighted by Gasteiger charge is -2.11. The minimum absolute atomic E-state index is 0.0831. The topological polar surface area (TPSA) is 54.0 Å². The molecule has 0 aliphatic carbocycles. The summed E-state index contributed by atoms with van der Waals surface area (Å²) < 4.78 is 0. The number of nitrogens with zero attached hydrogens (tertiary/aromatic N) is 1. The van der Waals surface area contributed by atoms with Gasteiger partial charge in [-0.3, -0.25) is 9.78 Å². The highest BCUT2D eigenvalue weighted by Gasteiger charge is 2.06. The van der Waals surface area contributed by atoms with Gasteiger partial charge >= 0.3 is 0 Å². The Balaban J connectivity index is 1.63. The second-order valence-corrected chi connectivity index (χ2v) is 6.06. The van der Waals surface area contributed by atoms with E-state index in [9.17, 15) is 4.79 Å². The average molecular weight is 319 g/mol. The fourth-order valence-corrected chi connectivity index (χ4v) is 2.58. The van der Waals surface area contributed by atoms with Crippen LogP contribution in [0.4, 0.5) is 11.4 Å². The van der Waals surface area contributed by atoms with Gasteiger partial charge in [-0.25, -0.2) is 0 Å². The Bertz CT molecular complexity index is 836. The van der Waals surface area contributed by atoms with Crippen molar-refractivity contribution in [2.75, 3.05) is 17.2 Å². The molecule has 3 rings (SSSR count). The molecule has 4 nitrogen and oxygen atoms in total. The lowest BCUT2D eigenvalue weighted by atomic mass is 10.0.